The lowest BCUT2D eigenvalue weighted by molar-refractivity contribution is -0.0498. The first-order chi connectivity index (χ1) is 15.5. The van der Waals surface area contributed by atoms with Crippen LogP contribution in [0.15, 0.2) is 36.5 Å². The van der Waals surface area contributed by atoms with Crippen molar-refractivity contribution in [2.75, 3.05) is 18.1 Å². The number of pyridine rings is 1. The monoisotopic (exact) mass is 480 g/mol. The van der Waals surface area contributed by atoms with Crippen LogP contribution in [-0.4, -0.2) is 64.5 Å². The number of nitrogens with zero attached hydrogens (tertiary/aromatic N) is 3. The summed E-state index contributed by atoms with van der Waals surface area (Å²) in [6.07, 6.45) is 1.34. The fraction of sp³-hybridized carbons (Fsp3) is 0.381. The molecule has 1 saturated heterocycles. The number of nitrogens with one attached hydrogen (secondary N) is 1. The fourth-order valence-electron chi connectivity index (χ4n) is 3.92. The summed E-state index contributed by atoms with van der Waals surface area (Å²) in [5, 5.41) is 16.9. The van der Waals surface area contributed by atoms with Gasteiger partial charge in [0.25, 0.3) is 5.91 Å². The summed E-state index contributed by atoms with van der Waals surface area (Å²) in [6.45, 7) is 0.162. The number of halogens is 2. The van der Waals surface area contributed by atoms with E-state index in [0.717, 1.165) is 0 Å². The van der Waals surface area contributed by atoms with E-state index in [9.17, 15) is 27.1 Å². The van der Waals surface area contributed by atoms with Gasteiger partial charge >= 0.3 is 6.61 Å². The zero-order chi connectivity index (χ0) is 24.0. The lowest BCUT2D eigenvalue weighted by Crippen LogP contribution is -2.63. The van der Waals surface area contributed by atoms with Gasteiger partial charge in [-0.2, -0.15) is 13.9 Å². The van der Waals surface area contributed by atoms with Crippen molar-refractivity contribution in [3.05, 3.63) is 42.1 Å². The fourth-order valence-corrected chi connectivity index (χ4v) is 5.92. The van der Waals surface area contributed by atoms with Crippen LogP contribution in [-0.2, 0) is 9.84 Å². The molecule has 1 atom stereocenters. The molecule has 2 aromatic heterocycles. The van der Waals surface area contributed by atoms with Gasteiger partial charge in [-0.25, -0.2) is 8.42 Å². The molecule has 1 fully saturated rings. The van der Waals surface area contributed by atoms with Gasteiger partial charge in [-0.1, -0.05) is 12.1 Å². The highest BCUT2D eigenvalue weighted by Crippen LogP contribution is 2.31. The molecule has 0 bridgehead atoms. The number of alkyl halides is 2. The second-order valence-corrected chi connectivity index (χ2v) is 10.4. The lowest BCUT2D eigenvalue weighted by atomic mass is 10.1. The van der Waals surface area contributed by atoms with E-state index in [0.29, 0.717) is 22.3 Å². The van der Waals surface area contributed by atoms with Gasteiger partial charge in [-0.05, 0) is 32.0 Å². The molecule has 9 nitrogen and oxygen atoms in total. The molecule has 1 aliphatic rings. The van der Waals surface area contributed by atoms with Crippen LogP contribution in [0.5, 0.6) is 5.75 Å². The quantitative estimate of drug-likeness (QED) is 0.531. The summed E-state index contributed by atoms with van der Waals surface area (Å²) in [5.74, 6) is -0.801. The third kappa shape index (κ3) is 4.67. The Morgan fingerprint density at radius 3 is 2.70 bits per heavy atom. The zero-order valence-corrected chi connectivity index (χ0v) is 18.6. The number of aromatic nitrogens is 3. The average Bonchev–Trinajstić information content (AvgIpc) is 3.10. The molecule has 4 rings (SSSR count). The van der Waals surface area contributed by atoms with Crippen LogP contribution in [0, 0.1) is 0 Å². The minimum absolute atomic E-state index is 0.0416. The smallest absolute Gasteiger partial charge is 0.387 e. The summed E-state index contributed by atoms with van der Waals surface area (Å²) < 4.78 is 54.2. The molecule has 1 aliphatic heterocycles. The minimum Gasteiger partial charge on any atom is -0.435 e. The Morgan fingerprint density at radius 2 is 2.06 bits per heavy atom. The largest absolute Gasteiger partial charge is 0.435 e. The molecule has 176 valence electrons. The molecule has 0 radical (unpaired) electrons. The number of benzene rings is 1. The number of rotatable bonds is 7. The number of hydrogen-bond acceptors (Lipinski definition) is 7. The first kappa shape index (κ1) is 23.1. The van der Waals surface area contributed by atoms with Crippen LogP contribution in [0.4, 0.5) is 8.78 Å². The molecule has 0 saturated carbocycles. The van der Waals surface area contributed by atoms with Gasteiger partial charge in [0.15, 0.2) is 9.84 Å². The maximum Gasteiger partial charge on any atom is 0.387 e. The summed E-state index contributed by atoms with van der Waals surface area (Å²) in [7, 11) is -3.14. The molecular formula is C21H22F2N4O5S. The highest BCUT2D eigenvalue weighted by molar-refractivity contribution is 7.93. The van der Waals surface area contributed by atoms with Crippen LogP contribution in [0.1, 0.15) is 30.2 Å². The van der Waals surface area contributed by atoms with Gasteiger partial charge in [-0.3, -0.25) is 14.5 Å². The number of amides is 1. The van der Waals surface area contributed by atoms with Crippen LogP contribution in [0.2, 0.25) is 0 Å². The molecule has 3 heterocycles. The topological polar surface area (TPSA) is 123 Å². The summed E-state index contributed by atoms with van der Waals surface area (Å²) in [5.41, 5.74) is 1.04. The van der Waals surface area contributed by atoms with E-state index in [1.807, 2.05) is 0 Å². The molecule has 12 heteroatoms. The second kappa shape index (κ2) is 8.34. The minimum atomic E-state index is -3.14. The first-order valence-electron chi connectivity index (χ1n) is 10.1. The number of sulfone groups is 1. The Morgan fingerprint density at radius 1 is 1.33 bits per heavy atom. The van der Waals surface area contributed by atoms with Crippen molar-refractivity contribution in [3.63, 3.8) is 0 Å². The molecule has 0 aliphatic carbocycles. The number of aliphatic hydroxyl groups is 1. The van der Waals surface area contributed by atoms with Crippen LogP contribution < -0.4 is 10.1 Å². The number of carbonyl (C=O) groups excluding carboxylic acids is 1. The maximum absolute atomic E-state index is 12.8. The molecule has 33 heavy (non-hydrogen) atoms. The molecule has 2 N–H and O–H groups in total. The SMILES string of the molecule is C[C@H](CO)n1nc(-c2cccc(OC(F)F)c2)c2ncc(C(=O)NC3(C)CS(=O)(=O)C3)cc21. The number of hydrogen-bond donors (Lipinski definition) is 2. The zero-order valence-electron chi connectivity index (χ0n) is 17.8. The number of ether oxygens (including phenoxy) is 1. The van der Waals surface area contributed by atoms with Crippen LogP contribution >= 0.6 is 0 Å². The number of fused-ring (bicyclic) bond motifs is 1. The van der Waals surface area contributed by atoms with E-state index in [1.165, 1.54) is 23.0 Å². The van der Waals surface area contributed by atoms with Crippen molar-refractivity contribution in [2.45, 2.75) is 32.0 Å². The number of carbonyl (C=O) groups is 1. The first-order valence-corrected chi connectivity index (χ1v) is 11.9. The van der Waals surface area contributed by atoms with Gasteiger partial charge in [0.1, 0.15) is 17.0 Å². The Kier molecular flexibility index (Phi) is 5.83. The number of aliphatic hydroxyl groups excluding tert-OH is 1. The van der Waals surface area contributed by atoms with Crippen LogP contribution in [0.3, 0.4) is 0 Å². The van der Waals surface area contributed by atoms with E-state index >= 15 is 0 Å². The van der Waals surface area contributed by atoms with Gasteiger partial charge in [-0.15, -0.1) is 0 Å². The van der Waals surface area contributed by atoms with Gasteiger partial charge in [0.05, 0.1) is 40.8 Å². The van der Waals surface area contributed by atoms with Crippen molar-refractivity contribution in [1.82, 2.24) is 20.1 Å². The van der Waals surface area contributed by atoms with E-state index in [1.54, 1.807) is 32.0 Å². The van der Waals surface area contributed by atoms with Gasteiger partial charge in [0, 0.05) is 11.8 Å². The van der Waals surface area contributed by atoms with Gasteiger partial charge < -0.3 is 15.2 Å². The second-order valence-electron chi connectivity index (χ2n) is 8.37. The lowest BCUT2D eigenvalue weighted by Gasteiger charge is -2.38. The van der Waals surface area contributed by atoms with E-state index in [4.69, 9.17) is 0 Å². The summed E-state index contributed by atoms with van der Waals surface area (Å²) in [6, 6.07) is 7.09. The Labute approximate surface area is 188 Å². The molecule has 3 aromatic rings. The van der Waals surface area contributed by atoms with Gasteiger partial charge in [0.2, 0.25) is 0 Å². The Bertz CT molecular complexity index is 1310. The molecule has 1 amide bonds. The van der Waals surface area contributed by atoms with Crippen molar-refractivity contribution < 1.29 is 31.8 Å². The normalized spacial score (nSPS) is 17.5. The van der Waals surface area contributed by atoms with Crippen molar-refractivity contribution >= 4 is 26.8 Å². The van der Waals surface area contributed by atoms with Crippen molar-refractivity contribution in [3.8, 4) is 17.0 Å². The third-order valence-corrected chi connectivity index (χ3v) is 7.47. The predicted octanol–water partition coefficient (Wildman–Crippen LogP) is 2.17. The standard InChI is InChI=1S/C21H22F2N4O5S/c1-12(9-28)27-16-7-14(19(29)25-21(2)10-33(30,31)11-21)8-24-18(16)17(26-27)13-4-3-5-15(6-13)32-20(22)23/h3-8,12,20,28H,9-11H2,1-2H3,(H,25,29)/t12-/m1/s1. The Balaban J connectivity index is 1.73. The van der Waals surface area contributed by atoms with Crippen molar-refractivity contribution in [1.29, 1.82) is 0 Å². The summed E-state index contributed by atoms with van der Waals surface area (Å²) >= 11 is 0. The van der Waals surface area contributed by atoms with E-state index < -0.39 is 33.9 Å². The molecule has 1 aromatic carbocycles. The average molecular weight is 480 g/mol. The van der Waals surface area contributed by atoms with Crippen LogP contribution in [0.25, 0.3) is 22.3 Å². The molecule has 0 unspecified atom stereocenters. The molecule has 0 spiro atoms. The molecular weight excluding hydrogens is 458 g/mol. The highest BCUT2D eigenvalue weighted by atomic mass is 32.2. The Hall–Kier alpha value is -3.12. The predicted molar refractivity (Wildman–Crippen MR) is 116 cm³/mol. The third-order valence-electron chi connectivity index (χ3n) is 5.32. The summed E-state index contributed by atoms with van der Waals surface area (Å²) in [4.78, 5) is 17.1. The van der Waals surface area contributed by atoms with E-state index in [-0.39, 0.29) is 29.4 Å². The van der Waals surface area contributed by atoms with E-state index in [2.05, 4.69) is 20.1 Å². The maximum atomic E-state index is 12.8. The van der Waals surface area contributed by atoms with Crippen molar-refractivity contribution in [2.24, 2.45) is 0 Å². The highest BCUT2D eigenvalue weighted by Gasteiger charge is 2.45.